The van der Waals surface area contributed by atoms with E-state index in [1.165, 1.54) is 6.92 Å². The smallest absolute Gasteiger partial charge is 0.375 e. The summed E-state index contributed by atoms with van der Waals surface area (Å²) in [6, 6.07) is 17.5. The lowest BCUT2D eigenvalue weighted by Gasteiger charge is -2.03. The minimum atomic E-state index is -3.58. The van der Waals surface area contributed by atoms with Crippen molar-refractivity contribution in [3.8, 4) is 0 Å². The maximum Gasteiger partial charge on any atom is 0.375 e. The van der Waals surface area contributed by atoms with Gasteiger partial charge in [-0.3, -0.25) is 9.52 Å². The van der Waals surface area contributed by atoms with Crippen LogP contribution in [0.25, 0.3) is 17.2 Å². The second kappa shape index (κ2) is 10.9. The number of halogens is 1. The average Bonchev–Trinajstić information content (AvgIpc) is 3.02. The first-order valence-electron chi connectivity index (χ1n) is 9.35. The molecule has 1 aromatic heterocycles. The Bertz CT molecular complexity index is 1110. The number of nitrogens with zero attached hydrogens (tertiary/aromatic N) is 1. The molecule has 0 aliphatic heterocycles. The third kappa shape index (κ3) is 6.70. The fraction of sp³-hybridized carbons (Fsp3) is 0.238. The number of oxazole rings is 1. The van der Waals surface area contributed by atoms with Gasteiger partial charge in [-0.05, 0) is 24.6 Å². The molecule has 0 fully saturated rings. The molecule has 3 rings (SSSR count). The van der Waals surface area contributed by atoms with Crippen LogP contribution in [0.2, 0.25) is 0 Å². The molecular formula is C21H24BrN3O4S. The molecule has 0 radical (unpaired) electrons. The number of carbonyl (C=O) groups excluding carboxylic acids is 1. The number of para-hydroxylation sites is 3. The topological polar surface area (TPSA) is 92.3 Å². The molecule has 0 atom stereocenters. The van der Waals surface area contributed by atoms with Crippen molar-refractivity contribution < 1.29 is 39.2 Å². The third-order valence-electron chi connectivity index (χ3n) is 4.23. The number of carbonyl (C=O) groups is 1. The van der Waals surface area contributed by atoms with Gasteiger partial charge < -0.3 is 26.7 Å². The van der Waals surface area contributed by atoms with Crippen molar-refractivity contribution >= 4 is 38.8 Å². The largest absolute Gasteiger partial charge is 1.00 e. The lowest BCUT2D eigenvalue weighted by atomic mass is 10.3. The summed E-state index contributed by atoms with van der Waals surface area (Å²) in [7, 11) is -3.58. The number of unbranched alkanes of at least 4 members (excludes halogenated alkanes) is 1. The Morgan fingerprint density at radius 2 is 1.77 bits per heavy atom. The number of hydrogen-bond acceptors (Lipinski definition) is 5. The summed E-state index contributed by atoms with van der Waals surface area (Å²) in [5.74, 6) is 0.00168. The van der Waals surface area contributed by atoms with Crippen molar-refractivity contribution in [1.29, 1.82) is 0 Å². The molecule has 0 saturated carbocycles. The molecule has 160 valence electrons. The van der Waals surface area contributed by atoms with Gasteiger partial charge in [-0.2, -0.15) is 4.57 Å². The second-order valence-electron chi connectivity index (χ2n) is 6.59. The minimum absolute atomic E-state index is 0. The normalized spacial score (nSPS) is 11.4. The van der Waals surface area contributed by atoms with E-state index in [0.717, 1.165) is 16.8 Å². The summed E-state index contributed by atoms with van der Waals surface area (Å²) >= 11 is 0. The van der Waals surface area contributed by atoms with E-state index in [4.69, 9.17) is 4.42 Å². The van der Waals surface area contributed by atoms with Gasteiger partial charge in [0.15, 0.2) is 6.54 Å². The predicted molar refractivity (Wildman–Crippen MR) is 112 cm³/mol. The Hall–Kier alpha value is -2.65. The van der Waals surface area contributed by atoms with Gasteiger partial charge in [0.2, 0.25) is 21.5 Å². The Morgan fingerprint density at radius 3 is 2.50 bits per heavy atom. The van der Waals surface area contributed by atoms with Gasteiger partial charge in [-0.15, -0.1) is 0 Å². The number of rotatable bonds is 9. The van der Waals surface area contributed by atoms with Crippen LogP contribution in [0, 0.1) is 0 Å². The van der Waals surface area contributed by atoms with Gasteiger partial charge in [-0.1, -0.05) is 30.3 Å². The Balaban J connectivity index is 0.00000320. The molecule has 1 amide bonds. The quantitative estimate of drug-likeness (QED) is 0.324. The zero-order valence-corrected chi connectivity index (χ0v) is 18.9. The first-order valence-corrected chi connectivity index (χ1v) is 11.0. The van der Waals surface area contributed by atoms with E-state index in [1.54, 1.807) is 0 Å². The molecule has 7 nitrogen and oxygen atoms in total. The molecule has 3 aromatic rings. The van der Waals surface area contributed by atoms with Crippen LogP contribution < -0.4 is 31.6 Å². The molecule has 0 aliphatic rings. The van der Waals surface area contributed by atoms with Gasteiger partial charge in [0.25, 0.3) is 5.52 Å². The zero-order chi connectivity index (χ0) is 20.7. The van der Waals surface area contributed by atoms with Crippen LogP contribution in [0.15, 0.2) is 65.2 Å². The number of aromatic nitrogens is 1. The predicted octanol–water partition coefficient (Wildman–Crippen LogP) is 0.0532. The highest BCUT2D eigenvalue weighted by molar-refractivity contribution is 7.90. The molecule has 0 bridgehead atoms. The summed E-state index contributed by atoms with van der Waals surface area (Å²) in [5, 5.41) is 3.20. The van der Waals surface area contributed by atoms with Crippen molar-refractivity contribution in [2.24, 2.45) is 0 Å². The van der Waals surface area contributed by atoms with Crippen molar-refractivity contribution in [1.82, 2.24) is 4.72 Å². The van der Waals surface area contributed by atoms with E-state index in [2.05, 4.69) is 5.32 Å². The number of hydrogen-bond donors (Lipinski definition) is 2. The van der Waals surface area contributed by atoms with Crippen LogP contribution in [0.1, 0.15) is 25.7 Å². The van der Waals surface area contributed by atoms with Crippen LogP contribution >= 0.6 is 0 Å². The summed E-state index contributed by atoms with van der Waals surface area (Å²) < 4.78 is 33.5. The Morgan fingerprint density at radius 1 is 1.07 bits per heavy atom. The maximum absolute atomic E-state index is 11.8. The highest BCUT2D eigenvalue weighted by Gasteiger charge is 2.20. The van der Waals surface area contributed by atoms with E-state index in [-0.39, 0.29) is 22.7 Å². The highest BCUT2D eigenvalue weighted by atomic mass is 79.9. The zero-order valence-electron chi connectivity index (χ0n) is 16.5. The summed E-state index contributed by atoms with van der Waals surface area (Å²) in [6.07, 6.45) is 4.71. The van der Waals surface area contributed by atoms with Crippen molar-refractivity contribution in [3.63, 3.8) is 0 Å². The van der Waals surface area contributed by atoms with E-state index >= 15 is 0 Å². The van der Waals surface area contributed by atoms with E-state index in [9.17, 15) is 13.2 Å². The van der Waals surface area contributed by atoms with Gasteiger partial charge in [-0.25, -0.2) is 8.42 Å². The number of fused-ring (bicyclic) bond motifs is 1. The highest BCUT2D eigenvalue weighted by Crippen LogP contribution is 2.15. The van der Waals surface area contributed by atoms with Gasteiger partial charge in [0.1, 0.15) is 0 Å². The van der Waals surface area contributed by atoms with Gasteiger partial charge in [0, 0.05) is 31.3 Å². The number of benzene rings is 2. The maximum atomic E-state index is 11.8. The standard InChI is InChI=1S/C21H23N3O4S.BrH/c1-17(25)23-29(26,27)16-8-7-15-24-19-11-5-6-12-20(19)28-21(24)13-14-22-18-9-3-2-4-10-18;/h2-6,9-14H,7-8,15-16H2,1H3,(H,23,25);1H. The number of amides is 1. The fourth-order valence-corrected chi connectivity index (χ4v) is 4.11. The average molecular weight is 494 g/mol. The molecule has 1 heterocycles. The van der Waals surface area contributed by atoms with E-state index in [0.29, 0.717) is 25.3 Å². The van der Waals surface area contributed by atoms with Crippen molar-refractivity contribution in [2.75, 3.05) is 11.1 Å². The Kier molecular flexibility index (Phi) is 8.61. The molecule has 0 aliphatic carbocycles. The Labute approximate surface area is 186 Å². The van der Waals surface area contributed by atoms with Crippen LogP contribution in [0.3, 0.4) is 0 Å². The number of nitrogens with one attached hydrogen (secondary N) is 2. The summed E-state index contributed by atoms with van der Waals surface area (Å²) in [4.78, 5) is 11.0. The number of sulfonamides is 1. The van der Waals surface area contributed by atoms with Gasteiger partial charge >= 0.3 is 5.89 Å². The summed E-state index contributed by atoms with van der Waals surface area (Å²) in [6.45, 7) is 1.78. The molecule has 0 saturated heterocycles. The van der Waals surface area contributed by atoms with Crippen LogP contribution in [0.5, 0.6) is 0 Å². The molecule has 2 N–H and O–H groups in total. The van der Waals surface area contributed by atoms with Crippen LogP contribution in [-0.2, 0) is 21.4 Å². The summed E-state index contributed by atoms with van der Waals surface area (Å²) in [5.41, 5.74) is 2.67. The SMILES string of the molecule is CC(=O)NS(=O)(=O)CCCC[n+]1c(C=CNc2ccccc2)oc2ccccc21.[Br-]. The lowest BCUT2D eigenvalue weighted by Crippen LogP contribution is -3.00. The first kappa shape index (κ1) is 23.6. The van der Waals surface area contributed by atoms with Gasteiger partial charge in [0.05, 0.1) is 11.8 Å². The molecule has 30 heavy (non-hydrogen) atoms. The minimum Gasteiger partial charge on any atom is -1.00 e. The number of aryl methyl sites for hydroxylation is 1. The first-order chi connectivity index (χ1) is 13.9. The molecule has 0 spiro atoms. The lowest BCUT2D eigenvalue weighted by molar-refractivity contribution is -0.678. The van der Waals surface area contributed by atoms with Crippen LogP contribution in [0.4, 0.5) is 5.69 Å². The molecular weight excluding hydrogens is 470 g/mol. The van der Waals surface area contributed by atoms with E-state index in [1.807, 2.05) is 76.2 Å². The second-order valence-corrected chi connectivity index (χ2v) is 8.43. The van der Waals surface area contributed by atoms with Crippen molar-refractivity contribution in [2.45, 2.75) is 26.3 Å². The molecule has 9 heteroatoms. The monoisotopic (exact) mass is 493 g/mol. The van der Waals surface area contributed by atoms with E-state index < -0.39 is 15.9 Å². The van der Waals surface area contributed by atoms with Crippen LogP contribution in [-0.4, -0.2) is 20.1 Å². The number of anilines is 1. The fourth-order valence-electron chi connectivity index (χ4n) is 2.98. The third-order valence-corrected chi connectivity index (χ3v) is 5.65. The van der Waals surface area contributed by atoms with Crippen molar-refractivity contribution in [3.05, 3.63) is 66.7 Å². The molecule has 2 aromatic carbocycles. The molecule has 0 unspecified atom stereocenters.